The smallest absolute Gasteiger partial charge is 0.325 e. The molecule has 36 heavy (non-hydrogen) atoms. The fourth-order valence-corrected chi connectivity index (χ4v) is 4.18. The SMILES string of the molecule is O=C(CN1C(=O)N/C(=C\c2c3ccccc3cc3ccccc23)C1=O)Nc1cccc(C(F)(F)F)c1. The van der Waals surface area contributed by atoms with Crippen molar-refractivity contribution in [2.45, 2.75) is 6.18 Å². The van der Waals surface area contributed by atoms with Gasteiger partial charge in [-0.1, -0.05) is 54.6 Å². The van der Waals surface area contributed by atoms with E-state index >= 15 is 0 Å². The van der Waals surface area contributed by atoms with Gasteiger partial charge in [0.1, 0.15) is 12.2 Å². The number of imide groups is 1. The number of fused-ring (bicyclic) bond motifs is 2. The summed E-state index contributed by atoms with van der Waals surface area (Å²) < 4.78 is 38.8. The van der Waals surface area contributed by atoms with Crippen LogP contribution in [0.15, 0.2) is 84.6 Å². The molecule has 9 heteroatoms. The Bertz CT molecular complexity index is 1520. The molecule has 180 valence electrons. The van der Waals surface area contributed by atoms with Gasteiger partial charge in [-0.25, -0.2) is 9.69 Å². The van der Waals surface area contributed by atoms with E-state index in [1.165, 1.54) is 6.07 Å². The average molecular weight is 489 g/mol. The van der Waals surface area contributed by atoms with Gasteiger partial charge in [0.05, 0.1) is 5.56 Å². The predicted octanol–water partition coefficient (Wildman–Crippen LogP) is 5.54. The largest absolute Gasteiger partial charge is 0.416 e. The third kappa shape index (κ3) is 4.38. The van der Waals surface area contributed by atoms with Gasteiger partial charge in [-0.15, -0.1) is 0 Å². The molecule has 1 aliphatic rings. The first kappa shape index (κ1) is 23.1. The van der Waals surface area contributed by atoms with Crippen LogP contribution in [-0.2, 0) is 15.8 Å². The molecule has 1 heterocycles. The van der Waals surface area contributed by atoms with Crippen molar-refractivity contribution in [1.82, 2.24) is 10.2 Å². The Balaban J connectivity index is 1.41. The van der Waals surface area contributed by atoms with Crippen LogP contribution in [0.1, 0.15) is 11.1 Å². The van der Waals surface area contributed by atoms with Crippen LogP contribution < -0.4 is 10.6 Å². The van der Waals surface area contributed by atoms with Gasteiger partial charge in [-0.2, -0.15) is 13.2 Å². The number of nitrogens with one attached hydrogen (secondary N) is 2. The topological polar surface area (TPSA) is 78.5 Å². The molecule has 1 aliphatic heterocycles. The van der Waals surface area contributed by atoms with Crippen LogP contribution in [0.3, 0.4) is 0 Å². The number of carbonyl (C=O) groups excluding carboxylic acids is 3. The monoisotopic (exact) mass is 489 g/mol. The van der Waals surface area contributed by atoms with Crippen LogP contribution in [0.2, 0.25) is 0 Å². The average Bonchev–Trinajstić information content (AvgIpc) is 3.10. The third-order valence-electron chi connectivity index (χ3n) is 5.84. The highest BCUT2D eigenvalue weighted by Gasteiger charge is 2.35. The first-order valence-electron chi connectivity index (χ1n) is 10.9. The predicted molar refractivity (Wildman–Crippen MR) is 130 cm³/mol. The van der Waals surface area contributed by atoms with E-state index in [9.17, 15) is 27.6 Å². The number of urea groups is 1. The van der Waals surface area contributed by atoms with Crippen molar-refractivity contribution in [3.63, 3.8) is 0 Å². The number of rotatable bonds is 4. The van der Waals surface area contributed by atoms with Crippen molar-refractivity contribution in [2.75, 3.05) is 11.9 Å². The number of nitrogens with zero attached hydrogens (tertiary/aromatic N) is 1. The second kappa shape index (κ2) is 8.84. The Morgan fingerprint density at radius 3 is 2.17 bits per heavy atom. The molecule has 4 amide bonds. The van der Waals surface area contributed by atoms with Crippen LogP contribution >= 0.6 is 0 Å². The maximum atomic E-state index is 13.0. The zero-order chi connectivity index (χ0) is 25.4. The molecule has 0 atom stereocenters. The molecule has 4 aromatic carbocycles. The molecule has 0 unspecified atom stereocenters. The van der Waals surface area contributed by atoms with Gasteiger partial charge < -0.3 is 10.6 Å². The van der Waals surface area contributed by atoms with Crippen LogP contribution in [0.5, 0.6) is 0 Å². The Morgan fingerprint density at radius 1 is 0.889 bits per heavy atom. The normalized spacial score (nSPS) is 15.1. The van der Waals surface area contributed by atoms with Gasteiger partial charge in [0.15, 0.2) is 0 Å². The Hall–Kier alpha value is -4.66. The Labute approximate surface area is 203 Å². The molecule has 0 radical (unpaired) electrons. The molecule has 4 aromatic rings. The zero-order valence-electron chi connectivity index (χ0n) is 18.6. The Kier molecular flexibility index (Phi) is 5.68. The van der Waals surface area contributed by atoms with E-state index < -0.39 is 36.1 Å². The lowest BCUT2D eigenvalue weighted by Crippen LogP contribution is -2.38. The molecule has 0 saturated carbocycles. The second-order valence-corrected chi connectivity index (χ2v) is 8.24. The first-order chi connectivity index (χ1) is 17.2. The van der Waals surface area contributed by atoms with Crippen molar-refractivity contribution in [2.24, 2.45) is 0 Å². The van der Waals surface area contributed by atoms with E-state index in [4.69, 9.17) is 0 Å². The summed E-state index contributed by atoms with van der Waals surface area (Å²) in [4.78, 5) is 38.7. The number of amides is 4. The van der Waals surface area contributed by atoms with Crippen molar-refractivity contribution in [3.05, 3.63) is 95.7 Å². The molecule has 5 rings (SSSR count). The molecule has 6 nitrogen and oxygen atoms in total. The molecular weight excluding hydrogens is 471 g/mol. The Morgan fingerprint density at radius 2 is 1.53 bits per heavy atom. The number of benzene rings is 4. The quantitative estimate of drug-likeness (QED) is 0.224. The molecule has 0 aromatic heterocycles. The van der Waals surface area contributed by atoms with Gasteiger partial charge in [-0.05, 0) is 57.4 Å². The third-order valence-corrected chi connectivity index (χ3v) is 5.84. The summed E-state index contributed by atoms with van der Waals surface area (Å²) in [6.07, 6.45) is -2.99. The van der Waals surface area contributed by atoms with Crippen LogP contribution in [-0.4, -0.2) is 29.3 Å². The van der Waals surface area contributed by atoms with E-state index in [-0.39, 0.29) is 11.4 Å². The maximum absolute atomic E-state index is 13.0. The summed E-state index contributed by atoms with van der Waals surface area (Å²) in [6.45, 7) is -0.658. The fourth-order valence-electron chi connectivity index (χ4n) is 4.18. The van der Waals surface area contributed by atoms with Gasteiger partial charge in [0, 0.05) is 5.69 Å². The minimum Gasteiger partial charge on any atom is -0.325 e. The molecular formula is C27H18F3N3O3. The lowest BCUT2D eigenvalue weighted by atomic mass is 9.96. The van der Waals surface area contributed by atoms with Gasteiger partial charge in [0.25, 0.3) is 5.91 Å². The zero-order valence-corrected chi connectivity index (χ0v) is 18.6. The van der Waals surface area contributed by atoms with E-state index in [0.29, 0.717) is 4.90 Å². The van der Waals surface area contributed by atoms with E-state index in [1.54, 1.807) is 6.08 Å². The number of alkyl halides is 3. The molecule has 0 bridgehead atoms. The highest BCUT2D eigenvalue weighted by molar-refractivity contribution is 6.18. The molecule has 2 N–H and O–H groups in total. The van der Waals surface area contributed by atoms with Gasteiger partial charge in [0.2, 0.25) is 5.91 Å². The number of hydrogen-bond donors (Lipinski definition) is 2. The van der Waals surface area contributed by atoms with Crippen molar-refractivity contribution in [1.29, 1.82) is 0 Å². The van der Waals surface area contributed by atoms with Crippen molar-refractivity contribution in [3.8, 4) is 0 Å². The summed E-state index contributed by atoms with van der Waals surface area (Å²) >= 11 is 0. The second-order valence-electron chi connectivity index (χ2n) is 8.24. The van der Waals surface area contributed by atoms with Crippen LogP contribution in [0, 0.1) is 0 Å². The highest BCUT2D eigenvalue weighted by atomic mass is 19.4. The lowest BCUT2D eigenvalue weighted by Gasteiger charge is -2.13. The summed E-state index contributed by atoms with van der Waals surface area (Å²) in [5, 5.41) is 8.48. The highest BCUT2D eigenvalue weighted by Crippen LogP contribution is 2.32. The van der Waals surface area contributed by atoms with Gasteiger partial charge >= 0.3 is 12.2 Å². The standard InChI is InChI=1S/C27H18F3N3O3/c28-27(29,30)18-8-5-9-19(13-18)31-24(34)15-33-25(35)23(32-26(33)36)14-22-20-10-3-1-6-16(20)12-17-7-2-4-11-21(17)22/h1-14H,15H2,(H,31,34)(H,32,36)/b23-14-. The van der Waals surface area contributed by atoms with Crippen molar-refractivity contribution < 1.29 is 27.6 Å². The summed E-state index contributed by atoms with van der Waals surface area (Å²) in [5.74, 6) is -1.52. The van der Waals surface area contributed by atoms with E-state index in [1.807, 2.05) is 54.6 Å². The number of halogens is 3. The molecule has 0 spiro atoms. The number of hydrogen-bond acceptors (Lipinski definition) is 3. The molecule has 1 saturated heterocycles. The summed E-state index contributed by atoms with van der Waals surface area (Å²) in [7, 11) is 0. The van der Waals surface area contributed by atoms with Crippen LogP contribution in [0.4, 0.5) is 23.7 Å². The summed E-state index contributed by atoms with van der Waals surface area (Å²) in [5.41, 5.74) is -0.293. The minimum atomic E-state index is -4.57. The van der Waals surface area contributed by atoms with Crippen LogP contribution in [0.25, 0.3) is 27.6 Å². The van der Waals surface area contributed by atoms with Gasteiger partial charge in [-0.3, -0.25) is 9.59 Å². The van der Waals surface area contributed by atoms with Crippen molar-refractivity contribution >= 4 is 51.2 Å². The molecule has 1 fully saturated rings. The van der Waals surface area contributed by atoms with E-state index in [2.05, 4.69) is 10.6 Å². The number of carbonyl (C=O) groups is 3. The minimum absolute atomic E-state index is 0.00613. The van der Waals surface area contributed by atoms with E-state index in [0.717, 1.165) is 45.3 Å². The first-order valence-corrected chi connectivity index (χ1v) is 10.9. The fraction of sp³-hybridized carbons (Fsp3) is 0.0741. The summed E-state index contributed by atoms with van der Waals surface area (Å²) in [6, 6.07) is 20.6. The maximum Gasteiger partial charge on any atom is 0.416 e. The molecule has 0 aliphatic carbocycles. The number of anilines is 1. The lowest BCUT2D eigenvalue weighted by molar-refractivity contribution is -0.137.